The molecule has 31 heavy (non-hydrogen) atoms. The number of fused-ring (bicyclic) bond motifs is 1. The topological polar surface area (TPSA) is 104 Å². The van der Waals surface area contributed by atoms with Crippen molar-refractivity contribution in [3.63, 3.8) is 0 Å². The Hall–Kier alpha value is -2.91. The lowest BCUT2D eigenvalue weighted by Crippen LogP contribution is -2.56. The quantitative estimate of drug-likeness (QED) is 0.598. The van der Waals surface area contributed by atoms with Crippen LogP contribution in [-0.4, -0.2) is 55.6 Å². The molecule has 3 aromatic rings. The second-order valence-electron chi connectivity index (χ2n) is 8.47. The Bertz CT molecular complexity index is 1200. The smallest absolute Gasteiger partial charge is 0.330 e. The average molecular weight is 443 g/mol. The summed E-state index contributed by atoms with van der Waals surface area (Å²) in [6, 6.07) is 9.53. The number of carbonyl (C=O) groups is 1. The molecule has 2 aromatic heterocycles. The maximum absolute atomic E-state index is 13.2. The zero-order valence-corrected chi connectivity index (χ0v) is 18.6. The van der Waals surface area contributed by atoms with Crippen molar-refractivity contribution in [3.8, 4) is 0 Å². The lowest BCUT2D eigenvalue weighted by atomic mass is 10.1. The number of nitrogens with one attached hydrogen (secondary N) is 2. The molecule has 1 atom stereocenters. The van der Waals surface area contributed by atoms with Crippen LogP contribution in [0.25, 0.3) is 11.0 Å². The van der Waals surface area contributed by atoms with Gasteiger partial charge in [-0.2, -0.15) is 0 Å². The van der Waals surface area contributed by atoms with Gasteiger partial charge in [0.25, 0.3) is 0 Å². The van der Waals surface area contributed by atoms with Gasteiger partial charge >= 0.3 is 5.97 Å². The summed E-state index contributed by atoms with van der Waals surface area (Å²) in [6.07, 6.45) is 3.04. The third kappa shape index (κ3) is 4.15. The van der Waals surface area contributed by atoms with E-state index in [0.29, 0.717) is 30.7 Å². The van der Waals surface area contributed by atoms with Crippen LogP contribution in [0.3, 0.4) is 0 Å². The number of aromatic nitrogens is 2. The molecule has 8 nitrogen and oxygen atoms in total. The van der Waals surface area contributed by atoms with E-state index in [9.17, 15) is 13.2 Å². The summed E-state index contributed by atoms with van der Waals surface area (Å²) in [5, 5.41) is 3.24. The molecule has 164 valence electrons. The Labute approximate surface area is 181 Å². The normalized spacial score (nSPS) is 17.6. The summed E-state index contributed by atoms with van der Waals surface area (Å²) >= 11 is 0. The first-order valence-corrected chi connectivity index (χ1v) is 11.6. The van der Waals surface area contributed by atoms with Gasteiger partial charge in [0.15, 0.2) is 0 Å². The fourth-order valence-electron chi connectivity index (χ4n) is 3.73. The molecule has 4 rings (SSSR count). The molecule has 9 heteroatoms. The van der Waals surface area contributed by atoms with E-state index in [-0.39, 0.29) is 15.8 Å². The molecule has 1 saturated heterocycles. The number of H-pyrrole nitrogens is 1. The molecule has 1 aliphatic rings. The first-order chi connectivity index (χ1) is 14.7. The molecule has 2 N–H and O–H groups in total. The van der Waals surface area contributed by atoms with Crippen molar-refractivity contribution < 1.29 is 17.9 Å². The molecule has 3 heterocycles. The highest BCUT2D eigenvalue weighted by atomic mass is 32.2. The summed E-state index contributed by atoms with van der Waals surface area (Å²) in [5.74, 6) is -0.326. The minimum atomic E-state index is -3.74. The fraction of sp³-hybridized carbons (Fsp3) is 0.364. The second kappa shape index (κ2) is 7.97. The van der Waals surface area contributed by atoms with Gasteiger partial charge in [-0.15, -0.1) is 0 Å². The van der Waals surface area contributed by atoms with Crippen LogP contribution in [0.4, 0.5) is 5.69 Å². The number of pyridine rings is 1. The number of anilines is 1. The summed E-state index contributed by atoms with van der Waals surface area (Å²) in [5.41, 5.74) is 1.05. The van der Waals surface area contributed by atoms with Crippen LogP contribution in [0.2, 0.25) is 0 Å². The van der Waals surface area contributed by atoms with Gasteiger partial charge in [-0.25, -0.2) is 13.2 Å². The molecule has 1 aromatic carbocycles. The largest absolute Gasteiger partial charge is 0.458 e. The maximum Gasteiger partial charge on any atom is 0.330 e. The van der Waals surface area contributed by atoms with Crippen LogP contribution < -0.4 is 10.2 Å². The van der Waals surface area contributed by atoms with Gasteiger partial charge in [0, 0.05) is 32.0 Å². The van der Waals surface area contributed by atoms with E-state index in [1.807, 2.05) is 25.7 Å². The molecule has 1 aliphatic heterocycles. The summed E-state index contributed by atoms with van der Waals surface area (Å²) in [6.45, 7) is 7.21. The van der Waals surface area contributed by atoms with Gasteiger partial charge in [-0.05, 0) is 39.0 Å². The molecule has 0 amide bonds. The van der Waals surface area contributed by atoms with Crippen LogP contribution in [0.15, 0.2) is 58.6 Å². The number of ether oxygens (including phenoxy) is 1. The SMILES string of the molecule is CC(C)(C)OC(=O)C1CNCCN1c1ccnc2c(S(=O)(=O)c3ccccc3)c[nH]c12. The van der Waals surface area contributed by atoms with Crippen LogP contribution >= 0.6 is 0 Å². The molecule has 0 bridgehead atoms. The van der Waals surface area contributed by atoms with Crippen LogP contribution in [-0.2, 0) is 19.4 Å². The summed E-state index contributed by atoms with van der Waals surface area (Å²) in [4.78, 5) is 22.6. The summed E-state index contributed by atoms with van der Waals surface area (Å²) in [7, 11) is -3.74. The van der Waals surface area contributed by atoms with E-state index < -0.39 is 21.5 Å². The van der Waals surface area contributed by atoms with Crippen molar-refractivity contribution in [2.45, 2.75) is 42.2 Å². The number of hydrogen-bond donors (Lipinski definition) is 2. The Kier molecular flexibility index (Phi) is 5.49. The highest BCUT2D eigenvalue weighted by Crippen LogP contribution is 2.33. The number of aromatic amines is 1. The lowest BCUT2D eigenvalue weighted by molar-refractivity contribution is -0.156. The predicted octanol–water partition coefficient (Wildman–Crippen LogP) is 2.52. The van der Waals surface area contributed by atoms with Gasteiger partial charge in [0.1, 0.15) is 22.1 Å². The van der Waals surface area contributed by atoms with Crippen molar-refractivity contribution >= 4 is 32.5 Å². The summed E-state index contributed by atoms with van der Waals surface area (Å²) < 4.78 is 32.0. The Morgan fingerprint density at radius 1 is 1.19 bits per heavy atom. The van der Waals surface area contributed by atoms with Crippen LogP contribution in [0.1, 0.15) is 20.8 Å². The minimum absolute atomic E-state index is 0.111. The number of piperazine rings is 1. The number of esters is 1. The number of hydrogen-bond acceptors (Lipinski definition) is 7. The molecular weight excluding hydrogens is 416 g/mol. The standard InChI is InChI=1S/C22H26N4O4S/c1-22(2,3)30-21(27)17-13-23-11-12-26(17)16-9-10-24-20-18(14-25-19(16)20)31(28,29)15-7-5-4-6-8-15/h4-10,14,17,23,25H,11-13H2,1-3H3. The second-order valence-corrected chi connectivity index (χ2v) is 10.4. The van der Waals surface area contributed by atoms with Crippen molar-refractivity contribution in [2.75, 3.05) is 24.5 Å². The average Bonchev–Trinajstić information content (AvgIpc) is 3.18. The van der Waals surface area contributed by atoms with E-state index in [1.165, 1.54) is 6.20 Å². The number of sulfone groups is 1. The first-order valence-electron chi connectivity index (χ1n) is 10.1. The minimum Gasteiger partial charge on any atom is -0.458 e. The number of nitrogens with zero attached hydrogens (tertiary/aromatic N) is 2. The molecule has 1 fully saturated rings. The molecule has 1 unspecified atom stereocenters. The van der Waals surface area contributed by atoms with Crippen molar-refractivity contribution in [1.82, 2.24) is 15.3 Å². The van der Waals surface area contributed by atoms with Crippen LogP contribution in [0, 0.1) is 0 Å². The van der Waals surface area contributed by atoms with E-state index in [0.717, 1.165) is 5.69 Å². The predicted molar refractivity (Wildman–Crippen MR) is 118 cm³/mol. The third-order valence-electron chi connectivity index (χ3n) is 5.08. The molecule has 0 saturated carbocycles. The molecule has 0 spiro atoms. The number of rotatable bonds is 4. The van der Waals surface area contributed by atoms with Crippen LogP contribution in [0.5, 0.6) is 0 Å². The maximum atomic E-state index is 13.2. The van der Waals surface area contributed by atoms with Gasteiger partial charge in [0.2, 0.25) is 9.84 Å². The first kappa shape index (κ1) is 21.3. The van der Waals surface area contributed by atoms with E-state index in [4.69, 9.17) is 4.74 Å². The molecule has 0 radical (unpaired) electrons. The van der Waals surface area contributed by atoms with Crippen molar-refractivity contribution in [3.05, 3.63) is 48.8 Å². The highest BCUT2D eigenvalue weighted by Gasteiger charge is 2.34. The number of benzene rings is 1. The monoisotopic (exact) mass is 442 g/mol. The Morgan fingerprint density at radius 3 is 2.65 bits per heavy atom. The van der Waals surface area contributed by atoms with Gasteiger partial charge in [0.05, 0.1) is 16.1 Å². The van der Waals surface area contributed by atoms with Gasteiger partial charge in [-0.1, -0.05) is 18.2 Å². The van der Waals surface area contributed by atoms with Crippen molar-refractivity contribution in [2.24, 2.45) is 0 Å². The van der Waals surface area contributed by atoms with E-state index in [1.54, 1.807) is 42.6 Å². The van der Waals surface area contributed by atoms with E-state index in [2.05, 4.69) is 15.3 Å². The Morgan fingerprint density at radius 2 is 1.94 bits per heavy atom. The lowest BCUT2D eigenvalue weighted by Gasteiger charge is -2.37. The van der Waals surface area contributed by atoms with Gasteiger partial charge in [-0.3, -0.25) is 4.98 Å². The zero-order chi connectivity index (χ0) is 22.2. The third-order valence-corrected chi connectivity index (χ3v) is 6.87. The van der Waals surface area contributed by atoms with Gasteiger partial charge < -0.3 is 19.9 Å². The fourth-order valence-corrected chi connectivity index (χ4v) is 5.12. The Balaban J connectivity index is 1.76. The molecular formula is C22H26N4O4S. The molecule has 0 aliphatic carbocycles. The van der Waals surface area contributed by atoms with E-state index >= 15 is 0 Å². The number of carbonyl (C=O) groups excluding carboxylic acids is 1. The van der Waals surface area contributed by atoms with Crippen molar-refractivity contribution in [1.29, 1.82) is 0 Å². The highest BCUT2D eigenvalue weighted by molar-refractivity contribution is 7.91. The zero-order valence-electron chi connectivity index (χ0n) is 17.8.